The van der Waals surface area contributed by atoms with E-state index in [9.17, 15) is 4.79 Å². The molecule has 1 aliphatic rings. The molecule has 0 aliphatic heterocycles. The summed E-state index contributed by atoms with van der Waals surface area (Å²) in [6.45, 7) is 1.60. The molecule has 0 atom stereocenters. The zero-order valence-electron chi connectivity index (χ0n) is 11.4. The van der Waals surface area contributed by atoms with Crippen LogP contribution in [0.15, 0.2) is 59.5 Å². The number of carbonyl (C=O) groups excluding carboxylic acids is 1. The minimum absolute atomic E-state index is 0.0990. The fourth-order valence-corrected chi connectivity index (χ4v) is 3.47. The molecule has 1 aromatic carbocycles. The Hall–Kier alpha value is -1.93. The van der Waals surface area contributed by atoms with E-state index in [0.29, 0.717) is 0 Å². The van der Waals surface area contributed by atoms with Crippen molar-refractivity contribution in [1.29, 1.82) is 0 Å². The monoisotopic (exact) mass is 280 g/mol. The maximum absolute atomic E-state index is 11.2. The van der Waals surface area contributed by atoms with E-state index >= 15 is 0 Å². The highest BCUT2D eigenvalue weighted by molar-refractivity contribution is 7.11. The highest BCUT2D eigenvalue weighted by Crippen LogP contribution is 2.38. The molecule has 0 saturated carbocycles. The topological polar surface area (TPSA) is 17.1 Å². The number of benzene rings is 1. The van der Waals surface area contributed by atoms with Crippen molar-refractivity contribution in [3.63, 3.8) is 0 Å². The fraction of sp³-hybridized carbons (Fsp3) is 0.167. The summed E-state index contributed by atoms with van der Waals surface area (Å²) in [6.07, 6.45) is 5.71. The van der Waals surface area contributed by atoms with Gasteiger partial charge >= 0.3 is 0 Å². The molecule has 1 aromatic heterocycles. The molecule has 0 amide bonds. The summed E-state index contributed by atoms with van der Waals surface area (Å²) in [4.78, 5) is 12.5. The van der Waals surface area contributed by atoms with E-state index in [0.717, 1.165) is 12.8 Å². The Balaban J connectivity index is 2.17. The Morgan fingerprint density at radius 3 is 2.75 bits per heavy atom. The summed E-state index contributed by atoms with van der Waals surface area (Å²) in [5, 5.41) is 2.10. The molecule has 3 rings (SSSR count). The molecule has 0 spiro atoms. The van der Waals surface area contributed by atoms with E-state index < -0.39 is 0 Å². The van der Waals surface area contributed by atoms with Crippen molar-refractivity contribution < 1.29 is 4.79 Å². The first-order valence-corrected chi connectivity index (χ1v) is 7.67. The molecule has 1 nitrogen and oxygen atoms in total. The summed E-state index contributed by atoms with van der Waals surface area (Å²) < 4.78 is 0. The Bertz CT molecular complexity index is 690. The number of allylic oxidation sites excluding steroid dienone is 3. The molecule has 0 N–H and O–H groups in total. The molecule has 100 valence electrons. The number of rotatable bonds is 3. The summed E-state index contributed by atoms with van der Waals surface area (Å²) >= 11 is 1.75. The first kappa shape index (κ1) is 13.1. The van der Waals surface area contributed by atoms with Crippen molar-refractivity contribution in [2.75, 3.05) is 0 Å². The lowest BCUT2D eigenvalue weighted by Crippen LogP contribution is -2.04. The van der Waals surface area contributed by atoms with Crippen LogP contribution in [0.5, 0.6) is 0 Å². The van der Waals surface area contributed by atoms with Crippen molar-refractivity contribution >= 4 is 22.7 Å². The van der Waals surface area contributed by atoms with E-state index in [1.165, 1.54) is 27.2 Å². The van der Waals surface area contributed by atoms with Crippen LogP contribution in [0.3, 0.4) is 0 Å². The quantitative estimate of drug-likeness (QED) is 0.748. The van der Waals surface area contributed by atoms with Gasteiger partial charge < -0.3 is 0 Å². The molecular formula is C18H16OS. The van der Waals surface area contributed by atoms with Crippen LogP contribution in [-0.4, -0.2) is 5.78 Å². The normalized spacial score (nSPS) is 14.7. The summed E-state index contributed by atoms with van der Waals surface area (Å²) in [6, 6.07) is 12.8. The molecule has 1 heterocycles. The number of hydrogen-bond donors (Lipinski definition) is 0. The molecular weight excluding hydrogens is 264 g/mol. The maximum atomic E-state index is 11.2. The average Bonchev–Trinajstić information content (AvgIpc) is 2.98. The Kier molecular flexibility index (Phi) is 3.66. The zero-order chi connectivity index (χ0) is 13.9. The number of aryl methyl sites for hydroxylation is 1. The van der Waals surface area contributed by atoms with Crippen molar-refractivity contribution in [2.45, 2.75) is 19.8 Å². The smallest absolute Gasteiger partial charge is 0.152 e. The molecule has 0 unspecified atom stereocenters. The van der Waals surface area contributed by atoms with Crippen LogP contribution in [0.4, 0.5) is 0 Å². The molecule has 0 saturated heterocycles. The first-order valence-electron chi connectivity index (χ1n) is 6.79. The lowest BCUT2D eigenvalue weighted by molar-refractivity contribution is -0.112. The minimum atomic E-state index is 0.0990. The third-order valence-corrected chi connectivity index (χ3v) is 4.45. The van der Waals surface area contributed by atoms with Crippen LogP contribution >= 0.6 is 11.3 Å². The van der Waals surface area contributed by atoms with Crippen molar-refractivity contribution in [1.82, 2.24) is 0 Å². The van der Waals surface area contributed by atoms with E-state index in [1.807, 2.05) is 6.08 Å². The van der Waals surface area contributed by atoms with E-state index in [4.69, 9.17) is 0 Å². The summed E-state index contributed by atoms with van der Waals surface area (Å²) in [7, 11) is 0. The molecule has 2 aromatic rings. The van der Waals surface area contributed by atoms with Crippen LogP contribution < -0.4 is 0 Å². The standard InChI is InChI=1S/C18H16OS/c1-13(19)8-9-15-11-10-14-5-2-3-6-16(14)18(15)17-7-4-12-20-17/h2-9,12H,10-11H2,1H3/b9-8+. The van der Waals surface area contributed by atoms with Gasteiger partial charge in [0.25, 0.3) is 0 Å². The molecule has 0 radical (unpaired) electrons. The molecule has 0 bridgehead atoms. The Labute approximate surface area is 123 Å². The molecule has 0 fully saturated rings. The predicted molar refractivity (Wildman–Crippen MR) is 84.9 cm³/mol. The van der Waals surface area contributed by atoms with E-state index in [2.05, 4.69) is 41.8 Å². The number of hydrogen-bond acceptors (Lipinski definition) is 2. The second-order valence-corrected chi connectivity index (χ2v) is 5.93. The molecule has 1 aliphatic carbocycles. The van der Waals surface area contributed by atoms with Crippen LogP contribution in [0.25, 0.3) is 5.57 Å². The number of carbonyl (C=O) groups is 1. The fourth-order valence-electron chi connectivity index (χ4n) is 2.65. The van der Waals surface area contributed by atoms with Gasteiger partial charge in [-0.05, 0) is 54.0 Å². The zero-order valence-corrected chi connectivity index (χ0v) is 12.2. The van der Waals surface area contributed by atoms with Gasteiger partial charge in [-0.1, -0.05) is 36.4 Å². The average molecular weight is 280 g/mol. The maximum Gasteiger partial charge on any atom is 0.152 e. The van der Waals surface area contributed by atoms with Crippen LogP contribution in [0, 0.1) is 0 Å². The second-order valence-electron chi connectivity index (χ2n) is 4.98. The van der Waals surface area contributed by atoms with Gasteiger partial charge in [-0.2, -0.15) is 0 Å². The first-order chi connectivity index (χ1) is 9.75. The highest BCUT2D eigenvalue weighted by atomic mass is 32.1. The Morgan fingerprint density at radius 1 is 1.15 bits per heavy atom. The third-order valence-electron chi connectivity index (χ3n) is 3.56. The third kappa shape index (κ3) is 2.52. The van der Waals surface area contributed by atoms with Gasteiger partial charge in [-0.15, -0.1) is 11.3 Å². The molecule has 2 heteroatoms. The highest BCUT2D eigenvalue weighted by Gasteiger charge is 2.19. The van der Waals surface area contributed by atoms with Gasteiger partial charge in [0.2, 0.25) is 0 Å². The SMILES string of the molecule is CC(=O)/C=C/C1=C(c2cccs2)c2ccccc2CC1. The van der Waals surface area contributed by atoms with Crippen LogP contribution in [0.2, 0.25) is 0 Å². The van der Waals surface area contributed by atoms with Gasteiger partial charge in [0.15, 0.2) is 5.78 Å². The van der Waals surface area contributed by atoms with E-state index in [1.54, 1.807) is 24.3 Å². The summed E-state index contributed by atoms with van der Waals surface area (Å²) in [5.74, 6) is 0.0990. The Morgan fingerprint density at radius 2 is 2.00 bits per heavy atom. The lowest BCUT2D eigenvalue weighted by atomic mass is 9.84. The van der Waals surface area contributed by atoms with Gasteiger partial charge in [0, 0.05) is 10.5 Å². The van der Waals surface area contributed by atoms with Gasteiger partial charge in [-0.25, -0.2) is 0 Å². The minimum Gasteiger partial charge on any atom is -0.295 e. The number of fused-ring (bicyclic) bond motifs is 1. The van der Waals surface area contributed by atoms with E-state index in [-0.39, 0.29) is 5.78 Å². The van der Waals surface area contributed by atoms with Crippen LogP contribution in [-0.2, 0) is 11.2 Å². The lowest BCUT2D eigenvalue weighted by Gasteiger charge is -2.21. The largest absolute Gasteiger partial charge is 0.295 e. The number of thiophene rings is 1. The second kappa shape index (κ2) is 5.59. The van der Waals surface area contributed by atoms with Gasteiger partial charge in [-0.3, -0.25) is 4.79 Å². The summed E-state index contributed by atoms with van der Waals surface area (Å²) in [5.41, 5.74) is 5.26. The van der Waals surface area contributed by atoms with Gasteiger partial charge in [0.05, 0.1) is 0 Å². The van der Waals surface area contributed by atoms with Crippen molar-refractivity contribution in [3.8, 4) is 0 Å². The molecule has 20 heavy (non-hydrogen) atoms. The van der Waals surface area contributed by atoms with Gasteiger partial charge in [0.1, 0.15) is 0 Å². The van der Waals surface area contributed by atoms with Crippen LogP contribution in [0.1, 0.15) is 29.3 Å². The number of ketones is 1. The van der Waals surface area contributed by atoms with Crippen molar-refractivity contribution in [3.05, 3.63) is 75.5 Å². The van der Waals surface area contributed by atoms with Crippen molar-refractivity contribution in [2.24, 2.45) is 0 Å². The predicted octanol–water partition coefficient (Wildman–Crippen LogP) is 4.64.